The third-order valence-electron chi connectivity index (χ3n) is 7.25. The van der Waals surface area contributed by atoms with Gasteiger partial charge in [0.2, 0.25) is 0 Å². The lowest BCUT2D eigenvalue weighted by Crippen LogP contribution is -2.51. The first-order valence-electron chi connectivity index (χ1n) is 10.9. The van der Waals surface area contributed by atoms with E-state index in [9.17, 15) is 9.90 Å². The van der Waals surface area contributed by atoms with Crippen LogP contribution >= 0.6 is 12.4 Å². The summed E-state index contributed by atoms with van der Waals surface area (Å²) in [5, 5.41) is 10.4. The van der Waals surface area contributed by atoms with Gasteiger partial charge in [-0.05, 0) is 68.6 Å². The van der Waals surface area contributed by atoms with Crippen LogP contribution in [0.3, 0.4) is 0 Å². The molecule has 1 unspecified atom stereocenters. The van der Waals surface area contributed by atoms with Crippen molar-refractivity contribution in [3.8, 4) is 0 Å². The van der Waals surface area contributed by atoms with Crippen LogP contribution in [0, 0.1) is 23.2 Å². The van der Waals surface area contributed by atoms with Crippen LogP contribution in [0.25, 0.3) is 0 Å². The second-order valence-electron chi connectivity index (χ2n) is 9.57. The highest BCUT2D eigenvalue weighted by Crippen LogP contribution is 2.60. The number of carbonyl (C=O) groups excluding carboxylic acids is 1. The van der Waals surface area contributed by atoms with E-state index in [0.29, 0.717) is 38.3 Å². The topological polar surface area (TPSA) is 62.2 Å². The smallest absolute Gasteiger partial charge is 0.409 e. The third kappa shape index (κ3) is 5.13. The van der Waals surface area contributed by atoms with E-state index in [4.69, 9.17) is 9.47 Å². The van der Waals surface area contributed by atoms with Crippen molar-refractivity contribution in [2.24, 2.45) is 23.2 Å². The number of aliphatic hydroxyl groups excluding tert-OH is 1. The quantitative estimate of drug-likeness (QED) is 0.691. The summed E-state index contributed by atoms with van der Waals surface area (Å²) in [6.45, 7) is 7.03. The monoisotopic (exact) mass is 416 g/mol. The average Bonchev–Trinajstić information content (AvgIpc) is 2.61. The SMILES string of the molecule is CCOC(=O)N1CCN(CC(O)COCC23CC4CC(CC(C4)C2)C3)CC1.Cl. The highest BCUT2D eigenvalue weighted by atomic mass is 35.5. The normalized spacial score (nSPS) is 35.5. The maximum absolute atomic E-state index is 11.7. The molecule has 4 saturated carbocycles. The molecule has 1 atom stereocenters. The molecule has 5 rings (SSSR count). The molecule has 162 valence electrons. The highest BCUT2D eigenvalue weighted by molar-refractivity contribution is 5.85. The molecular weight excluding hydrogens is 380 g/mol. The number of amides is 1. The highest BCUT2D eigenvalue weighted by Gasteiger charge is 2.50. The minimum Gasteiger partial charge on any atom is -0.450 e. The van der Waals surface area contributed by atoms with Gasteiger partial charge in [-0.2, -0.15) is 0 Å². The molecule has 4 aliphatic carbocycles. The fraction of sp³-hybridized carbons (Fsp3) is 0.952. The number of hydrogen-bond donors (Lipinski definition) is 1. The zero-order valence-corrected chi connectivity index (χ0v) is 18.0. The Morgan fingerprint density at radius 1 is 1.07 bits per heavy atom. The summed E-state index contributed by atoms with van der Waals surface area (Å²) in [4.78, 5) is 15.7. The molecule has 5 aliphatic rings. The summed E-state index contributed by atoms with van der Waals surface area (Å²) < 4.78 is 11.1. The van der Waals surface area contributed by atoms with Crippen LogP contribution in [-0.4, -0.2) is 79.6 Å². The lowest BCUT2D eigenvalue weighted by molar-refractivity contribution is -0.107. The van der Waals surface area contributed by atoms with Crippen molar-refractivity contribution >= 4 is 18.5 Å². The maximum Gasteiger partial charge on any atom is 0.409 e. The number of β-amino-alcohol motifs (C(OH)–C–C–N with tert-alkyl or cyclic N) is 1. The van der Waals surface area contributed by atoms with Gasteiger partial charge in [-0.3, -0.25) is 4.90 Å². The molecule has 1 N–H and O–H groups in total. The Morgan fingerprint density at radius 3 is 2.18 bits per heavy atom. The molecule has 1 saturated heterocycles. The zero-order valence-electron chi connectivity index (χ0n) is 17.2. The van der Waals surface area contributed by atoms with Gasteiger partial charge in [0.1, 0.15) is 0 Å². The Bertz CT molecular complexity index is 489. The Kier molecular flexibility index (Phi) is 7.51. The number of rotatable bonds is 7. The van der Waals surface area contributed by atoms with Crippen LogP contribution in [0.1, 0.15) is 45.4 Å². The van der Waals surface area contributed by atoms with Crippen molar-refractivity contribution in [2.75, 3.05) is 52.5 Å². The van der Waals surface area contributed by atoms with Gasteiger partial charge in [0.25, 0.3) is 0 Å². The Labute approximate surface area is 175 Å². The maximum atomic E-state index is 11.7. The van der Waals surface area contributed by atoms with Crippen molar-refractivity contribution in [2.45, 2.75) is 51.6 Å². The van der Waals surface area contributed by atoms with E-state index in [1.165, 1.54) is 38.5 Å². The molecule has 0 radical (unpaired) electrons. The van der Waals surface area contributed by atoms with Crippen molar-refractivity contribution in [1.82, 2.24) is 9.80 Å². The third-order valence-corrected chi connectivity index (χ3v) is 7.25. The Hall–Kier alpha value is -0.560. The van der Waals surface area contributed by atoms with E-state index >= 15 is 0 Å². The lowest BCUT2D eigenvalue weighted by atomic mass is 9.50. The van der Waals surface area contributed by atoms with Crippen molar-refractivity contribution in [3.05, 3.63) is 0 Å². The van der Waals surface area contributed by atoms with E-state index < -0.39 is 6.10 Å². The van der Waals surface area contributed by atoms with Gasteiger partial charge in [0, 0.05) is 32.7 Å². The number of halogens is 1. The van der Waals surface area contributed by atoms with E-state index in [0.717, 1.165) is 37.5 Å². The molecular formula is C21H37ClN2O4. The Balaban J connectivity index is 0.00000225. The van der Waals surface area contributed by atoms with Crippen molar-refractivity contribution < 1.29 is 19.4 Å². The lowest BCUT2D eigenvalue weighted by Gasteiger charge is -2.56. The fourth-order valence-electron chi connectivity index (χ4n) is 6.56. The molecule has 6 nitrogen and oxygen atoms in total. The Morgan fingerprint density at radius 2 is 1.64 bits per heavy atom. The van der Waals surface area contributed by atoms with Crippen LogP contribution in [0.2, 0.25) is 0 Å². The largest absolute Gasteiger partial charge is 0.450 e. The molecule has 0 aromatic carbocycles. The van der Waals surface area contributed by atoms with E-state index in [1.807, 2.05) is 6.92 Å². The van der Waals surface area contributed by atoms with Gasteiger partial charge >= 0.3 is 6.09 Å². The van der Waals surface area contributed by atoms with E-state index in [1.54, 1.807) is 4.90 Å². The molecule has 4 bridgehead atoms. The predicted molar refractivity (Wildman–Crippen MR) is 110 cm³/mol. The second kappa shape index (κ2) is 9.50. The summed E-state index contributed by atoms with van der Waals surface area (Å²) >= 11 is 0. The fourth-order valence-corrected chi connectivity index (χ4v) is 6.56. The van der Waals surface area contributed by atoms with Crippen LogP contribution in [-0.2, 0) is 9.47 Å². The van der Waals surface area contributed by atoms with Crippen LogP contribution in [0.5, 0.6) is 0 Å². The van der Waals surface area contributed by atoms with E-state index in [-0.39, 0.29) is 18.5 Å². The van der Waals surface area contributed by atoms with Gasteiger partial charge in [0.05, 0.1) is 25.9 Å². The number of carbonyl (C=O) groups is 1. The van der Waals surface area contributed by atoms with Crippen LogP contribution in [0.4, 0.5) is 4.79 Å². The number of hydrogen-bond acceptors (Lipinski definition) is 5. The minimum absolute atomic E-state index is 0. The standard InChI is InChI=1S/C21H36N2O4.ClH/c1-2-27-20(25)23-5-3-22(4-6-23)13-19(24)14-26-15-21-10-16-7-17(11-21)9-18(8-16)12-21;/h16-19,24H,2-15H2,1H3;1H. The summed E-state index contributed by atoms with van der Waals surface area (Å²) in [7, 11) is 0. The summed E-state index contributed by atoms with van der Waals surface area (Å²) in [5.74, 6) is 2.83. The molecule has 0 aromatic rings. The van der Waals surface area contributed by atoms with E-state index in [2.05, 4.69) is 4.90 Å². The number of ether oxygens (including phenoxy) is 2. The first kappa shape index (κ1) is 22.1. The summed E-state index contributed by atoms with van der Waals surface area (Å²) in [6.07, 6.45) is 7.75. The van der Waals surface area contributed by atoms with Crippen LogP contribution < -0.4 is 0 Å². The minimum atomic E-state index is -0.451. The number of aliphatic hydroxyl groups is 1. The van der Waals surface area contributed by atoms with Gasteiger partial charge in [-0.1, -0.05) is 0 Å². The molecule has 1 aliphatic heterocycles. The molecule has 0 spiro atoms. The second-order valence-corrected chi connectivity index (χ2v) is 9.57. The molecule has 28 heavy (non-hydrogen) atoms. The molecule has 5 fully saturated rings. The molecule has 1 amide bonds. The number of nitrogens with zero attached hydrogens (tertiary/aromatic N) is 2. The van der Waals surface area contributed by atoms with Gasteiger partial charge in [0.15, 0.2) is 0 Å². The van der Waals surface area contributed by atoms with Gasteiger partial charge < -0.3 is 19.5 Å². The molecule has 7 heteroatoms. The summed E-state index contributed by atoms with van der Waals surface area (Å²) in [6, 6.07) is 0. The van der Waals surface area contributed by atoms with Crippen LogP contribution in [0.15, 0.2) is 0 Å². The van der Waals surface area contributed by atoms with Crippen molar-refractivity contribution in [3.63, 3.8) is 0 Å². The first-order valence-corrected chi connectivity index (χ1v) is 10.9. The zero-order chi connectivity index (χ0) is 18.9. The molecule has 0 aromatic heterocycles. The van der Waals surface area contributed by atoms with Crippen molar-refractivity contribution in [1.29, 1.82) is 0 Å². The predicted octanol–water partition coefficient (Wildman–Crippen LogP) is 2.78. The first-order chi connectivity index (χ1) is 13.0. The molecule has 1 heterocycles. The van der Waals surface area contributed by atoms with Gasteiger partial charge in [-0.25, -0.2) is 4.79 Å². The summed E-state index contributed by atoms with van der Waals surface area (Å²) in [5.41, 5.74) is 0.416. The van der Waals surface area contributed by atoms with Gasteiger partial charge in [-0.15, -0.1) is 12.4 Å². The average molecular weight is 417 g/mol. The number of piperazine rings is 1.